The number of hydrogen-bond donors (Lipinski definition) is 1. The second kappa shape index (κ2) is 11.1. The van der Waals surface area contributed by atoms with Gasteiger partial charge in [-0.05, 0) is 71.3 Å². The number of nitrogens with zero attached hydrogens (tertiary/aromatic N) is 2. The summed E-state index contributed by atoms with van der Waals surface area (Å²) in [5, 5.41) is 14.2. The Hall–Kier alpha value is -4.98. The van der Waals surface area contributed by atoms with Crippen molar-refractivity contribution in [2.45, 2.75) is 0 Å². The monoisotopic (exact) mass is 740 g/mol. The minimum absolute atomic E-state index is 0.117. The predicted molar refractivity (Wildman–Crippen MR) is 198 cm³/mol. The molecule has 0 aliphatic heterocycles. The van der Waals surface area contributed by atoms with Crippen LogP contribution < -0.4 is 0 Å². The molecule has 8 aromatic rings. The highest BCUT2D eigenvalue weighted by atomic mass is 79.9. The lowest BCUT2D eigenvalue weighted by molar-refractivity contribution is 0.0697. The molecular weight excluding hydrogens is 716 g/mol. The van der Waals surface area contributed by atoms with Crippen LogP contribution in [0.25, 0.3) is 65.9 Å². The summed E-state index contributed by atoms with van der Waals surface area (Å²) in [7, 11) is 4.12. The average Bonchev–Trinajstić information content (AvgIpc) is 3.66. The Morgan fingerprint density at radius 3 is 1.79 bits per heavy atom. The van der Waals surface area contributed by atoms with Gasteiger partial charge in [-0.3, -0.25) is 4.79 Å². The highest BCUT2D eigenvalue weighted by Gasteiger charge is 2.30. The van der Waals surface area contributed by atoms with Gasteiger partial charge in [0.25, 0.3) is 0 Å². The number of aromatic nitrogens is 2. The summed E-state index contributed by atoms with van der Waals surface area (Å²) in [5.74, 6) is -0.810. The smallest absolute Gasteiger partial charge is 0.336 e. The van der Waals surface area contributed by atoms with E-state index in [1.54, 1.807) is 6.07 Å². The number of aryl methyl sites for hydroxylation is 2. The van der Waals surface area contributed by atoms with Crippen molar-refractivity contribution in [3.63, 3.8) is 0 Å². The molecule has 0 atom stereocenters. The van der Waals surface area contributed by atoms with Crippen LogP contribution in [0.2, 0.25) is 0 Å². The third kappa shape index (κ3) is 4.48. The number of carboxylic acid groups (broad SMARTS) is 1. The summed E-state index contributed by atoms with van der Waals surface area (Å²) in [6, 6.07) is 38.0. The molecule has 2 heterocycles. The first-order valence-corrected chi connectivity index (χ1v) is 16.7. The molecule has 2 aromatic heterocycles. The minimum Gasteiger partial charge on any atom is -0.478 e. The summed E-state index contributed by atoms with van der Waals surface area (Å²) in [6.45, 7) is 0. The zero-order valence-electron chi connectivity index (χ0n) is 25.4. The van der Waals surface area contributed by atoms with E-state index in [1.165, 1.54) is 16.3 Å². The molecule has 228 valence electrons. The molecular formula is C40H26Br2N2O3. The number of benzene rings is 6. The topological polar surface area (TPSA) is 64.2 Å². The van der Waals surface area contributed by atoms with Gasteiger partial charge in [0.15, 0.2) is 5.78 Å². The van der Waals surface area contributed by atoms with E-state index >= 15 is 0 Å². The van der Waals surface area contributed by atoms with Gasteiger partial charge in [-0.25, -0.2) is 4.79 Å². The van der Waals surface area contributed by atoms with Gasteiger partial charge in [0.2, 0.25) is 0 Å². The van der Waals surface area contributed by atoms with Crippen LogP contribution in [0.4, 0.5) is 0 Å². The van der Waals surface area contributed by atoms with Gasteiger partial charge in [0.1, 0.15) is 0 Å². The zero-order chi connectivity index (χ0) is 32.6. The van der Waals surface area contributed by atoms with Crippen molar-refractivity contribution in [1.29, 1.82) is 0 Å². The maximum absolute atomic E-state index is 12.8. The molecule has 0 spiro atoms. The normalized spacial score (nSPS) is 12.0. The molecule has 5 nitrogen and oxygen atoms in total. The Morgan fingerprint density at radius 2 is 1.11 bits per heavy atom. The van der Waals surface area contributed by atoms with Crippen LogP contribution in [-0.2, 0) is 14.1 Å². The Kier molecular flexibility index (Phi) is 6.93. The molecule has 0 radical (unpaired) electrons. The van der Waals surface area contributed by atoms with Crippen molar-refractivity contribution in [3.05, 3.63) is 141 Å². The van der Waals surface area contributed by atoms with Crippen LogP contribution in [-0.4, -0.2) is 26.0 Å². The van der Waals surface area contributed by atoms with Crippen LogP contribution in [0, 0.1) is 0 Å². The summed E-state index contributed by atoms with van der Waals surface area (Å²) >= 11 is 6.84. The largest absolute Gasteiger partial charge is 0.478 e. The molecule has 1 aliphatic carbocycles. The Bertz CT molecular complexity index is 2630. The molecule has 0 fully saturated rings. The number of fused-ring (bicyclic) bond motifs is 10. The van der Waals surface area contributed by atoms with Crippen molar-refractivity contribution >= 4 is 87.2 Å². The predicted octanol–water partition coefficient (Wildman–Crippen LogP) is 10.8. The number of para-hydroxylation sites is 2. The van der Waals surface area contributed by atoms with Crippen LogP contribution in [0.5, 0.6) is 0 Å². The molecule has 1 N–H and O–H groups in total. The lowest BCUT2D eigenvalue weighted by Gasteiger charge is -2.09. The minimum atomic E-state index is -0.927. The summed E-state index contributed by atoms with van der Waals surface area (Å²) in [4.78, 5) is 24.5. The van der Waals surface area contributed by atoms with Gasteiger partial charge in [-0.1, -0.05) is 92.5 Å². The number of aromatic carboxylic acids is 1. The van der Waals surface area contributed by atoms with E-state index in [9.17, 15) is 14.7 Å². The van der Waals surface area contributed by atoms with Crippen LogP contribution in [0.15, 0.2) is 124 Å². The standard InChI is InChI=1S/C20H14BrNO2.C20H12BrNO/c1-22-17-7-3-2-5-15(17)19-14(6-4-8-18(19)22)13-10-9-12(21)11-16(13)20(23)24;1-22-16-5-3-2-4-13(16)19-17(22)9-8-14-18(19)12-7-6-11(21)10-15(12)20(14)23/h2-11H,1H3,(H,23,24);2-10H,1H3. The van der Waals surface area contributed by atoms with E-state index in [2.05, 4.69) is 96.6 Å². The van der Waals surface area contributed by atoms with Gasteiger partial charge in [-0.15, -0.1) is 0 Å². The van der Waals surface area contributed by atoms with Crippen molar-refractivity contribution in [2.75, 3.05) is 0 Å². The third-order valence-electron chi connectivity index (χ3n) is 9.26. The van der Waals surface area contributed by atoms with Gasteiger partial charge >= 0.3 is 5.97 Å². The summed E-state index contributed by atoms with van der Waals surface area (Å²) in [6.07, 6.45) is 0. The highest BCUT2D eigenvalue weighted by molar-refractivity contribution is 9.10. The Balaban J connectivity index is 0.000000138. The molecule has 0 saturated heterocycles. The van der Waals surface area contributed by atoms with E-state index in [0.717, 1.165) is 69.6 Å². The molecule has 7 heteroatoms. The number of halogens is 2. The van der Waals surface area contributed by atoms with Crippen molar-refractivity contribution in [3.8, 4) is 22.3 Å². The molecule has 0 unspecified atom stereocenters. The molecule has 0 bridgehead atoms. The molecule has 9 rings (SSSR count). The van der Waals surface area contributed by atoms with Crippen LogP contribution >= 0.6 is 31.9 Å². The van der Waals surface area contributed by atoms with Crippen LogP contribution in [0.1, 0.15) is 26.3 Å². The van der Waals surface area contributed by atoms with Crippen molar-refractivity contribution in [1.82, 2.24) is 9.13 Å². The van der Waals surface area contributed by atoms with Crippen molar-refractivity contribution < 1.29 is 14.7 Å². The lowest BCUT2D eigenvalue weighted by atomic mass is 9.95. The number of carbonyl (C=O) groups is 2. The SMILES string of the molecule is Cn1c2ccccc2c2c(-c3ccc(Br)cc3C(=O)O)cccc21.Cn1c2ccccc2c2c3c(ccc21)C(=O)c1cc(Br)ccc1-3. The first-order valence-electron chi connectivity index (χ1n) is 15.1. The molecule has 47 heavy (non-hydrogen) atoms. The molecule has 0 amide bonds. The number of carbonyl (C=O) groups excluding carboxylic acids is 1. The summed E-state index contributed by atoms with van der Waals surface area (Å²) < 4.78 is 6.04. The van der Waals surface area contributed by atoms with Crippen molar-refractivity contribution in [2.24, 2.45) is 14.1 Å². The lowest BCUT2D eigenvalue weighted by Crippen LogP contribution is -1.99. The van der Waals surface area contributed by atoms with Gasteiger partial charge < -0.3 is 14.2 Å². The van der Waals surface area contributed by atoms with Gasteiger partial charge in [0.05, 0.1) is 5.56 Å². The number of carboxylic acids is 1. The first-order chi connectivity index (χ1) is 22.7. The molecule has 6 aromatic carbocycles. The summed E-state index contributed by atoms with van der Waals surface area (Å²) in [5.41, 5.74) is 10.2. The fourth-order valence-electron chi connectivity index (χ4n) is 7.15. The maximum atomic E-state index is 12.8. The second-order valence-electron chi connectivity index (χ2n) is 11.7. The van der Waals surface area contributed by atoms with Gasteiger partial charge in [-0.2, -0.15) is 0 Å². The Morgan fingerprint density at radius 1 is 0.553 bits per heavy atom. The third-order valence-corrected chi connectivity index (χ3v) is 10.2. The molecule has 1 aliphatic rings. The highest BCUT2D eigenvalue weighted by Crippen LogP contribution is 2.45. The number of ketones is 1. The van der Waals surface area contributed by atoms with Crippen LogP contribution in [0.3, 0.4) is 0 Å². The van der Waals surface area contributed by atoms with Gasteiger partial charge in [0, 0.05) is 83.3 Å². The zero-order valence-corrected chi connectivity index (χ0v) is 28.6. The van der Waals surface area contributed by atoms with E-state index < -0.39 is 5.97 Å². The number of rotatable bonds is 2. The van der Waals surface area contributed by atoms with E-state index in [1.807, 2.05) is 67.7 Å². The van der Waals surface area contributed by atoms with E-state index in [-0.39, 0.29) is 5.78 Å². The number of hydrogen-bond acceptors (Lipinski definition) is 2. The quantitative estimate of drug-likeness (QED) is 0.192. The fraction of sp³-hybridized carbons (Fsp3) is 0.0500. The maximum Gasteiger partial charge on any atom is 0.336 e. The first kappa shape index (κ1) is 29.4. The van der Waals surface area contributed by atoms with E-state index in [0.29, 0.717) is 5.56 Å². The van der Waals surface area contributed by atoms with E-state index in [4.69, 9.17) is 0 Å². The Labute approximate surface area is 286 Å². The second-order valence-corrected chi connectivity index (χ2v) is 13.6. The molecule has 0 saturated carbocycles. The average molecular weight is 742 g/mol. The fourth-order valence-corrected chi connectivity index (χ4v) is 7.87.